The summed E-state index contributed by atoms with van der Waals surface area (Å²) in [6.45, 7) is 5.01. The van der Waals surface area contributed by atoms with Crippen LogP contribution in [0.25, 0.3) is 0 Å². The molecule has 95 heavy (non-hydrogen) atoms. The normalized spacial score (nSPS) is 12.6. The minimum Gasteiger partial charge on any atom is -0.466 e. The van der Waals surface area contributed by atoms with Gasteiger partial charge >= 0.3 is 5.97 Å². The summed E-state index contributed by atoms with van der Waals surface area (Å²) in [5, 5.41) is 23.5. The van der Waals surface area contributed by atoms with Crippen LogP contribution in [0.4, 0.5) is 0 Å². The van der Waals surface area contributed by atoms with Gasteiger partial charge in [-0.2, -0.15) is 0 Å². The predicted octanol–water partition coefficient (Wildman–Crippen LogP) is 29.3. The summed E-state index contributed by atoms with van der Waals surface area (Å²) in [5.41, 5.74) is 0. The Morgan fingerprint density at radius 1 is 0.295 bits per heavy atom. The fourth-order valence-electron chi connectivity index (χ4n) is 14.0. The van der Waals surface area contributed by atoms with Gasteiger partial charge in [-0.3, -0.25) is 9.59 Å². The van der Waals surface area contributed by atoms with E-state index in [0.29, 0.717) is 25.9 Å². The molecule has 0 saturated carbocycles. The zero-order valence-corrected chi connectivity index (χ0v) is 64.7. The molecule has 2 unspecified atom stereocenters. The molecule has 0 aliphatic heterocycles. The average Bonchev–Trinajstić information content (AvgIpc) is 3.35. The van der Waals surface area contributed by atoms with Gasteiger partial charge in [-0.1, -0.05) is 436 Å². The Kier molecular flexibility index (Phi) is 82.8. The van der Waals surface area contributed by atoms with Crippen LogP contribution in [0.5, 0.6) is 0 Å². The van der Waals surface area contributed by atoms with Crippen LogP contribution < -0.4 is 5.32 Å². The Labute approximate surface area is 595 Å². The molecule has 0 aliphatic rings. The number of amides is 1. The van der Waals surface area contributed by atoms with E-state index in [1.165, 1.54) is 417 Å². The lowest BCUT2D eigenvalue weighted by Crippen LogP contribution is -2.45. The molecule has 0 radical (unpaired) electrons. The Morgan fingerprint density at radius 2 is 0.526 bits per heavy atom. The molecule has 0 fully saturated rings. The molecule has 0 aromatic carbocycles. The second-order valence-corrected chi connectivity index (χ2v) is 30.2. The van der Waals surface area contributed by atoms with E-state index in [1.54, 1.807) is 0 Å². The molecule has 562 valence electrons. The van der Waals surface area contributed by atoms with Gasteiger partial charge in [0.1, 0.15) is 0 Å². The second-order valence-electron chi connectivity index (χ2n) is 30.2. The summed E-state index contributed by atoms with van der Waals surface area (Å²) in [6, 6.07) is -0.541. The number of allylic oxidation sites excluding steroid dienone is 6. The van der Waals surface area contributed by atoms with Crippen LogP contribution in [0, 0.1) is 0 Å². The quantitative estimate of drug-likeness (QED) is 0.0320. The number of unbranched alkanes of at least 4 members (excludes halogenated alkanes) is 66. The number of carbonyl (C=O) groups excluding carboxylic acids is 2. The maximum absolute atomic E-state index is 12.6. The molecule has 0 spiro atoms. The van der Waals surface area contributed by atoms with Crippen LogP contribution >= 0.6 is 0 Å². The maximum atomic E-state index is 12.6. The highest BCUT2D eigenvalue weighted by atomic mass is 16.5. The van der Waals surface area contributed by atoms with E-state index in [4.69, 9.17) is 4.74 Å². The highest BCUT2D eigenvalue weighted by molar-refractivity contribution is 5.76. The molecule has 6 nitrogen and oxygen atoms in total. The topological polar surface area (TPSA) is 95.9 Å². The molecule has 0 bridgehead atoms. The van der Waals surface area contributed by atoms with Gasteiger partial charge in [-0.25, -0.2) is 0 Å². The van der Waals surface area contributed by atoms with Crippen molar-refractivity contribution in [2.45, 2.75) is 508 Å². The van der Waals surface area contributed by atoms with E-state index >= 15 is 0 Å². The number of aliphatic hydroxyl groups excluding tert-OH is 2. The summed E-state index contributed by atoms with van der Waals surface area (Å²) < 4.78 is 5.52. The first-order valence-electron chi connectivity index (χ1n) is 43.7. The molecule has 2 atom stereocenters. The van der Waals surface area contributed by atoms with Crippen molar-refractivity contribution >= 4 is 11.9 Å². The first-order chi connectivity index (χ1) is 47.0. The molecule has 0 aromatic heterocycles. The van der Waals surface area contributed by atoms with Gasteiger partial charge < -0.3 is 20.3 Å². The average molecular weight is 1340 g/mol. The largest absolute Gasteiger partial charge is 0.466 e. The minimum atomic E-state index is -0.664. The van der Waals surface area contributed by atoms with Gasteiger partial charge in [-0.15, -0.1) is 0 Å². The number of hydrogen-bond acceptors (Lipinski definition) is 5. The smallest absolute Gasteiger partial charge is 0.305 e. The zero-order valence-electron chi connectivity index (χ0n) is 64.7. The van der Waals surface area contributed by atoms with Crippen molar-refractivity contribution in [2.75, 3.05) is 13.2 Å². The third-order valence-corrected chi connectivity index (χ3v) is 20.7. The number of rotatable bonds is 83. The van der Waals surface area contributed by atoms with E-state index in [-0.39, 0.29) is 18.5 Å². The van der Waals surface area contributed by atoms with Crippen molar-refractivity contribution in [1.82, 2.24) is 5.32 Å². The molecule has 0 heterocycles. The molecular weight excluding hydrogens is 1160 g/mol. The van der Waals surface area contributed by atoms with Crippen LogP contribution in [-0.4, -0.2) is 47.4 Å². The fourth-order valence-corrected chi connectivity index (χ4v) is 14.0. The maximum Gasteiger partial charge on any atom is 0.305 e. The first kappa shape index (κ1) is 93.1. The summed E-state index contributed by atoms with van der Waals surface area (Å²) in [7, 11) is 0. The van der Waals surface area contributed by atoms with Gasteiger partial charge in [0.25, 0.3) is 0 Å². The van der Waals surface area contributed by atoms with Crippen molar-refractivity contribution in [3.8, 4) is 0 Å². The number of nitrogens with one attached hydrogen (secondary N) is 1. The zero-order chi connectivity index (χ0) is 68.4. The molecule has 0 rings (SSSR count). The SMILES string of the molecule is CCCCCCCC/C=C\CCCCCCCCCCCC(=O)OCCCCCCCCCCCCCCC/C=C\C/C=C\CCCCCCCCCCCCCCCCCCCC(=O)NC(CO)C(O)CCCCCCCCCCCCCCCCCCCCCCCC. The molecule has 6 heteroatoms. The minimum absolute atomic E-state index is 0.0194. The Morgan fingerprint density at radius 3 is 0.811 bits per heavy atom. The van der Waals surface area contributed by atoms with Gasteiger partial charge in [0.2, 0.25) is 5.91 Å². The monoisotopic (exact) mass is 1330 g/mol. The summed E-state index contributed by atoms with van der Waals surface area (Å²) in [6.07, 6.45) is 111. The van der Waals surface area contributed by atoms with Gasteiger partial charge in [0.05, 0.1) is 25.4 Å². The van der Waals surface area contributed by atoms with Crippen LogP contribution in [0.15, 0.2) is 36.5 Å². The highest BCUT2D eigenvalue weighted by Gasteiger charge is 2.20. The van der Waals surface area contributed by atoms with Crippen LogP contribution in [0.3, 0.4) is 0 Å². The van der Waals surface area contributed by atoms with Crippen molar-refractivity contribution in [1.29, 1.82) is 0 Å². The number of aliphatic hydroxyl groups is 2. The van der Waals surface area contributed by atoms with Crippen LogP contribution in [0.2, 0.25) is 0 Å². The summed E-state index contributed by atoms with van der Waals surface area (Å²) in [5.74, 6) is -0.00718. The molecule has 3 N–H and O–H groups in total. The third-order valence-electron chi connectivity index (χ3n) is 20.7. The molecule has 0 saturated heterocycles. The lowest BCUT2D eigenvalue weighted by molar-refractivity contribution is -0.143. The standard InChI is InChI=1S/C89H171NO5/c1-3-5-7-9-11-13-15-17-19-21-23-24-42-46-49-53-57-61-65-69-73-77-81-87(92)86(85-91)90-88(93)82-78-74-70-66-62-58-54-50-47-43-40-38-36-34-32-30-28-26-25-27-29-31-33-35-37-39-41-44-48-52-56-60-64-68-72-76-80-84-95-89(94)83-79-75-71-67-63-59-55-51-45-22-20-18-16-14-12-10-8-6-4-2/h18,20,25,27,31,33,86-87,91-92H,3-17,19,21-24,26,28-30,32,34-85H2,1-2H3,(H,90,93)/b20-18-,27-25-,33-31-. The van der Waals surface area contributed by atoms with Crippen molar-refractivity contribution < 1.29 is 24.5 Å². The molecular formula is C89H171NO5. The van der Waals surface area contributed by atoms with Gasteiger partial charge in [0, 0.05) is 12.8 Å². The fraction of sp³-hybridized carbons (Fsp3) is 0.910. The lowest BCUT2D eigenvalue weighted by Gasteiger charge is -2.22. The number of esters is 1. The van der Waals surface area contributed by atoms with Gasteiger partial charge in [0.15, 0.2) is 0 Å². The Hall–Kier alpha value is -1.92. The van der Waals surface area contributed by atoms with Crippen molar-refractivity contribution in [3.63, 3.8) is 0 Å². The van der Waals surface area contributed by atoms with Crippen LogP contribution in [-0.2, 0) is 14.3 Å². The molecule has 0 aliphatic carbocycles. The number of ether oxygens (including phenoxy) is 1. The van der Waals surface area contributed by atoms with Crippen molar-refractivity contribution in [2.24, 2.45) is 0 Å². The number of carbonyl (C=O) groups is 2. The van der Waals surface area contributed by atoms with E-state index in [9.17, 15) is 19.8 Å². The van der Waals surface area contributed by atoms with Crippen LogP contribution in [0.1, 0.15) is 495 Å². The van der Waals surface area contributed by atoms with Gasteiger partial charge in [-0.05, 0) is 83.5 Å². The van der Waals surface area contributed by atoms with E-state index < -0.39 is 12.1 Å². The Bertz CT molecular complexity index is 1540. The van der Waals surface area contributed by atoms with Crippen molar-refractivity contribution in [3.05, 3.63) is 36.5 Å². The first-order valence-corrected chi connectivity index (χ1v) is 43.7. The predicted molar refractivity (Wildman–Crippen MR) is 421 cm³/mol. The lowest BCUT2D eigenvalue weighted by atomic mass is 10.0. The third kappa shape index (κ3) is 80.9. The van der Waals surface area contributed by atoms with E-state index in [1.807, 2.05) is 0 Å². The summed E-state index contributed by atoms with van der Waals surface area (Å²) in [4.78, 5) is 24.7. The highest BCUT2D eigenvalue weighted by Crippen LogP contribution is 2.21. The summed E-state index contributed by atoms with van der Waals surface area (Å²) >= 11 is 0. The molecule has 0 aromatic rings. The van der Waals surface area contributed by atoms with E-state index in [0.717, 1.165) is 44.9 Å². The molecule has 1 amide bonds. The Balaban J connectivity index is 3.35. The van der Waals surface area contributed by atoms with E-state index in [2.05, 4.69) is 55.6 Å². The number of hydrogen-bond donors (Lipinski definition) is 3. The second kappa shape index (κ2) is 84.5.